The monoisotopic (exact) mass is 809 g/mol. The predicted octanol–water partition coefficient (Wildman–Crippen LogP) is 10.7. The van der Waals surface area contributed by atoms with Gasteiger partial charge in [0.05, 0.1) is 24.0 Å². The summed E-state index contributed by atoms with van der Waals surface area (Å²) in [5, 5.41) is 13.4. The molecule has 1 atom stereocenters. The van der Waals surface area contributed by atoms with Crippen LogP contribution < -0.4 is 9.64 Å². The summed E-state index contributed by atoms with van der Waals surface area (Å²) in [6, 6.07) is 16.0. The molecule has 0 spiro atoms. The van der Waals surface area contributed by atoms with Crippen molar-refractivity contribution in [1.29, 1.82) is 0 Å². The van der Waals surface area contributed by atoms with Crippen molar-refractivity contribution < 1.29 is 19.0 Å². The van der Waals surface area contributed by atoms with Gasteiger partial charge in [0.2, 0.25) is 5.95 Å². The van der Waals surface area contributed by atoms with Gasteiger partial charge in [-0.2, -0.15) is 4.98 Å². The van der Waals surface area contributed by atoms with E-state index in [2.05, 4.69) is 103 Å². The van der Waals surface area contributed by atoms with E-state index in [1.165, 1.54) is 17.2 Å². The molecule has 1 saturated heterocycles. The van der Waals surface area contributed by atoms with Crippen molar-refractivity contribution >= 4 is 47.7 Å². The normalized spacial score (nSPS) is 16.6. The Morgan fingerprint density at radius 3 is 2.33 bits per heavy atom. The Balaban J connectivity index is 1.49. The van der Waals surface area contributed by atoms with E-state index in [1.54, 1.807) is 31.3 Å². The molecule has 0 aliphatic carbocycles. The van der Waals surface area contributed by atoms with Crippen LogP contribution in [0.1, 0.15) is 104 Å². The summed E-state index contributed by atoms with van der Waals surface area (Å²) in [5.74, 6) is 5.00. The first-order valence-corrected chi connectivity index (χ1v) is 23.5. The van der Waals surface area contributed by atoms with Gasteiger partial charge in [0.15, 0.2) is 12.4 Å². The minimum Gasteiger partial charge on any atom is -0.468 e. The number of anilines is 1. The second-order valence-electron chi connectivity index (χ2n) is 17.9. The summed E-state index contributed by atoms with van der Waals surface area (Å²) in [7, 11) is -0.586. The highest BCUT2D eigenvalue weighted by atomic mass is 32.2. The summed E-state index contributed by atoms with van der Waals surface area (Å²) < 4.78 is 29.5. The Labute approximate surface area is 344 Å². The molecule has 0 bridgehead atoms. The number of imidazole rings is 1. The molecule has 0 unspecified atom stereocenters. The third kappa shape index (κ3) is 9.20. The Bertz CT molecular complexity index is 2250. The molecule has 1 aliphatic heterocycles. The highest BCUT2D eigenvalue weighted by Gasteiger charge is 2.42. The number of aromatic nitrogens is 4. The van der Waals surface area contributed by atoms with Crippen molar-refractivity contribution in [3.63, 3.8) is 0 Å². The van der Waals surface area contributed by atoms with Gasteiger partial charge in [-0.15, -0.1) is 5.54 Å². The number of ether oxygens (including phenoxy) is 2. The quantitative estimate of drug-likeness (QED) is 0.0438. The molecule has 6 rings (SSSR count). The predicted molar refractivity (Wildman–Crippen MR) is 236 cm³/mol. The summed E-state index contributed by atoms with van der Waals surface area (Å²) in [4.78, 5) is 17.2. The zero-order valence-corrected chi connectivity index (χ0v) is 37.5. The topological polar surface area (TPSA) is 85.5 Å². The van der Waals surface area contributed by atoms with Crippen molar-refractivity contribution in [2.24, 2.45) is 0 Å². The number of piperidine rings is 1. The van der Waals surface area contributed by atoms with Crippen molar-refractivity contribution in [3.8, 4) is 17.2 Å². The molecule has 0 amide bonds. The van der Waals surface area contributed by atoms with E-state index in [4.69, 9.17) is 24.4 Å². The Morgan fingerprint density at radius 1 is 1.00 bits per heavy atom. The molecular weight excluding hydrogens is 750 g/mol. The number of hydrogen-bond acceptors (Lipinski definition) is 8. The summed E-state index contributed by atoms with van der Waals surface area (Å²) in [5.41, 5.74) is 9.30. The van der Waals surface area contributed by atoms with Gasteiger partial charge in [0.25, 0.3) is 0 Å². The van der Waals surface area contributed by atoms with E-state index in [1.807, 2.05) is 23.6 Å². The van der Waals surface area contributed by atoms with E-state index >= 15 is 4.39 Å². The highest BCUT2D eigenvalue weighted by Crippen LogP contribution is 2.41. The number of β-amino-alcohol motifs (C(OH)–C–C–N with tert-alkyl or cyclic N) is 1. The summed E-state index contributed by atoms with van der Waals surface area (Å²) in [6.45, 7) is 23.7. The van der Waals surface area contributed by atoms with E-state index in [0.29, 0.717) is 63.9 Å². The fourth-order valence-corrected chi connectivity index (χ4v) is 14.8. The molecule has 1 aliphatic rings. The van der Waals surface area contributed by atoms with Gasteiger partial charge in [-0.05, 0) is 82.1 Å². The number of aliphatic hydroxyl groups is 1. The average Bonchev–Trinajstić information content (AvgIpc) is 3.55. The van der Waals surface area contributed by atoms with Gasteiger partial charge in [0, 0.05) is 31.3 Å². The maximum absolute atomic E-state index is 16.2. The lowest BCUT2D eigenvalue weighted by Crippen LogP contribution is -2.46. The Kier molecular flexibility index (Phi) is 12.8. The first kappa shape index (κ1) is 42.6. The molecule has 1 fully saturated rings. The van der Waals surface area contributed by atoms with Crippen LogP contribution in [-0.2, 0) is 22.4 Å². The van der Waals surface area contributed by atoms with Gasteiger partial charge >= 0.3 is 0 Å². The number of nitrogens with zero attached hydrogens (tertiary/aromatic N) is 5. The van der Waals surface area contributed by atoms with Crippen LogP contribution in [0, 0.1) is 17.3 Å². The number of halogens is 1. The van der Waals surface area contributed by atoms with Crippen molar-refractivity contribution in [3.05, 3.63) is 82.9 Å². The average molecular weight is 810 g/mol. The zero-order chi connectivity index (χ0) is 41.3. The molecule has 0 saturated carbocycles. The van der Waals surface area contributed by atoms with E-state index in [-0.39, 0.29) is 18.0 Å². The van der Waals surface area contributed by atoms with Gasteiger partial charge in [-0.3, -0.25) is 0 Å². The largest absolute Gasteiger partial charge is 0.468 e. The third-order valence-corrected chi connectivity index (χ3v) is 19.0. The summed E-state index contributed by atoms with van der Waals surface area (Å²) >= 11 is 1.63. The maximum Gasteiger partial charge on any atom is 0.228 e. The Hall–Kier alpha value is -3.95. The number of fused-ring (bicyclic) bond motifs is 2. The van der Waals surface area contributed by atoms with Crippen LogP contribution in [0.4, 0.5) is 10.3 Å². The van der Waals surface area contributed by atoms with E-state index < -0.39 is 13.7 Å². The standard InChI is InChI=1S/C46H60FN5O3SSi/c1-30(2)57(31(3)4,32(5)6)22-19-38-39(47)18-15-34-23-37(55-29-54-11)24-35(40(34)38)25-52-28-48-41-42(52)49-44(51-21-12-20-46(10,53)27-51)50-43(41)56-26-33-13-16-36(17-14-33)45(7,8)9/h13-18,23-24,28,30-32,53H,12,20-21,25-27,29H2,1-11H3/t46-/m0/s1. The van der Waals surface area contributed by atoms with Gasteiger partial charge < -0.3 is 24.0 Å². The maximum atomic E-state index is 16.2. The molecule has 8 nitrogen and oxygen atoms in total. The number of hydrogen-bond donors (Lipinski definition) is 1. The molecule has 304 valence electrons. The lowest BCUT2D eigenvalue weighted by Gasteiger charge is -2.38. The fourth-order valence-electron chi connectivity index (χ4n) is 8.65. The molecule has 5 aromatic rings. The van der Waals surface area contributed by atoms with Crippen LogP contribution in [0.3, 0.4) is 0 Å². The fraction of sp³-hybridized carbons (Fsp3) is 0.500. The van der Waals surface area contributed by atoms with Crippen LogP contribution in [0.25, 0.3) is 21.9 Å². The van der Waals surface area contributed by atoms with Crippen molar-refractivity contribution in [1.82, 2.24) is 19.5 Å². The smallest absolute Gasteiger partial charge is 0.228 e. The lowest BCUT2D eigenvalue weighted by molar-refractivity contribution is 0.0444. The van der Waals surface area contributed by atoms with Crippen LogP contribution in [-0.4, -0.2) is 65.3 Å². The minimum absolute atomic E-state index is 0.0737. The minimum atomic E-state index is -2.18. The van der Waals surface area contributed by atoms with Crippen LogP contribution in [0.5, 0.6) is 5.75 Å². The molecule has 1 N–H and O–H groups in total. The van der Waals surface area contributed by atoms with E-state index in [0.717, 1.165) is 40.7 Å². The van der Waals surface area contributed by atoms with Crippen LogP contribution in [0.15, 0.2) is 59.9 Å². The Morgan fingerprint density at radius 2 is 1.70 bits per heavy atom. The summed E-state index contributed by atoms with van der Waals surface area (Å²) in [6.07, 6.45) is 3.35. The first-order valence-electron chi connectivity index (χ1n) is 20.3. The first-order chi connectivity index (χ1) is 26.9. The molecule has 0 radical (unpaired) electrons. The molecule has 2 aromatic heterocycles. The van der Waals surface area contributed by atoms with Crippen molar-refractivity contribution in [2.75, 3.05) is 31.9 Å². The van der Waals surface area contributed by atoms with Gasteiger partial charge in [-0.1, -0.05) is 110 Å². The molecule has 11 heteroatoms. The lowest BCUT2D eigenvalue weighted by atomic mass is 9.87. The van der Waals surface area contributed by atoms with Crippen molar-refractivity contribution in [2.45, 2.75) is 127 Å². The molecule has 3 heterocycles. The van der Waals surface area contributed by atoms with Gasteiger partial charge in [-0.25, -0.2) is 14.4 Å². The SMILES string of the molecule is COCOc1cc(Cn2cnc3c(SCc4ccc(C(C)(C)C)cc4)nc(N4CCC[C@](C)(O)C4)nc32)c2c(C#C[Si](C(C)C)(C(C)C)C(C)C)c(F)ccc2c1. The second kappa shape index (κ2) is 17.1. The third-order valence-electron chi connectivity index (χ3n) is 11.6. The molecule has 3 aromatic carbocycles. The van der Waals surface area contributed by atoms with E-state index in [9.17, 15) is 5.11 Å². The van der Waals surface area contributed by atoms with Crippen LogP contribution >= 0.6 is 11.8 Å². The zero-order valence-electron chi connectivity index (χ0n) is 35.7. The number of methoxy groups -OCH3 is 1. The van der Waals surface area contributed by atoms with Crippen LogP contribution in [0.2, 0.25) is 16.6 Å². The number of rotatable bonds is 12. The molecular formula is C46H60FN5O3SSi. The van der Waals surface area contributed by atoms with Gasteiger partial charge in [0.1, 0.15) is 30.2 Å². The highest BCUT2D eigenvalue weighted by molar-refractivity contribution is 7.98. The number of thioether (sulfide) groups is 1. The number of benzene rings is 3. The molecule has 57 heavy (non-hydrogen) atoms. The second-order valence-corrected chi connectivity index (χ2v) is 24.5.